The molecule has 1 atom stereocenters. The second kappa shape index (κ2) is 4.70. The van der Waals surface area contributed by atoms with Crippen molar-refractivity contribution in [2.75, 3.05) is 6.54 Å². The second-order valence-electron chi connectivity index (χ2n) is 4.68. The quantitative estimate of drug-likeness (QED) is 0.899. The molecule has 0 saturated heterocycles. The molecule has 1 aromatic carbocycles. The highest BCUT2D eigenvalue weighted by Gasteiger charge is 2.22. The largest absolute Gasteiger partial charge is 0.312 e. The Hall–Kier alpha value is -1.82. The van der Waals surface area contributed by atoms with Crippen LogP contribution in [-0.2, 0) is 13.0 Å². The van der Waals surface area contributed by atoms with Crippen LogP contribution in [0.5, 0.6) is 0 Å². The van der Waals surface area contributed by atoms with E-state index in [1.807, 2.05) is 11.5 Å². The van der Waals surface area contributed by atoms with E-state index in [2.05, 4.69) is 15.5 Å². The lowest BCUT2D eigenvalue weighted by Gasteiger charge is -2.22. The number of rotatable bonds is 2. The maximum absolute atomic E-state index is 13.6. The Morgan fingerprint density at radius 2 is 2.05 bits per heavy atom. The fourth-order valence-corrected chi connectivity index (χ4v) is 2.39. The Labute approximate surface area is 109 Å². The van der Waals surface area contributed by atoms with Gasteiger partial charge in [0.2, 0.25) is 0 Å². The first kappa shape index (κ1) is 12.2. The molecule has 0 radical (unpaired) electrons. The first-order valence-corrected chi connectivity index (χ1v) is 6.25. The number of benzene rings is 1. The minimum atomic E-state index is -0.542. The van der Waals surface area contributed by atoms with Gasteiger partial charge in [0.05, 0.1) is 6.04 Å². The molecule has 6 heteroatoms. The molecule has 1 aliphatic heterocycles. The summed E-state index contributed by atoms with van der Waals surface area (Å²) in [4.78, 5) is 0. The predicted molar refractivity (Wildman–Crippen MR) is 65.6 cm³/mol. The highest BCUT2D eigenvalue weighted by Crippen LogP contribution is 2.20. The van der Waals surface area contributed by atoms with Crippen LogP contribution < -0.4 is 5.32 Å². The van der Waals surface area contributed by atoms with Crippen molar-refractivity contribution in [3.63, 3.8) is 0 Å². The summed E-state index contributed by atoms with van der Waals surface area (Å²) in [6.07, 6.45) is 0.123. The first-order chi connectivity index (χ1) is 9.16. The number of hydrogen-bond donors (Lipinski definition) is 1. The molecule has 0 bridgehead atoms. The van der Waals surface area contributed by atoms with Crippen LogP contribution in [0.4, 0.5) is 8.78 Å². The zero-order valence-corrected chi connectivity index (χ0v) is 10.5. The summed E-state index contributed by atoms with van der Waals surface area (Å²) >= 11 is 0. The number of fused-ring (bicyclic) bond motifs is 1. The Bertz CT molecular complexity index is 588. The van der Waals surface area contributed by atoms with Crippen molar-refractivity contribution in [1.29, 1.82) is 0 Å². The topological polar surface area (TPSA) is 42.7 Å². The molecule has 2 heterocycles. The van der Waals surface area contributed by atoms with Gasteiger partial charge in [-0.1, -0.05) is 6.07 Å². The van der Waals surface area contributed by atoms with Crippen LogP contribution >= 0.6 is 0 Å². The van der Waals surface area contributed by atoms with Crippen LogP contribution in [0.1, 0.15) is 30.2 Å². The van der Waals surface area contributed by atoms with Crippen LogP contribution in [0.25, 0.3) is 0 Å². The maximum Gasteiger partial charge on any atom is 0.149 e. The molecule has 19 heavy (non-hydrogen) atoms. The van der Waals surface area contributed by atoms with Crippen LogP contribution in [0.2, 0.25) is 0 Å². The zero-order chi connectivity index (χ0) is 13.4. The highest BCUT2D eigenvalue weighted by molar-refractivity contribution is 5.23. The highest BCUT2D eigenvalue weighted by atomic mass is 19.1. The lowest BCUT2D eigenvalue weighted by molar-refractivity contribution is 0.430. The zero-order valence-electron chi connectivity index (χ0n) is 10.5. The average Bonchev–Trinajstić information content (AvgIpc) is 2.79. The van der Waals surface area contributed by atoms with Gasteiger partial charge >= 0.3 is 0 Å². The Morgan fingerprint density at radius 3 is 2.79 bits per heavy atom. The second-order valence-corrected chi connectivity index (χ2v) is 4.68. The van der Waals surface area contributed by atoms with Crippen molar-refractivity contribution >= 4 is 0 Å². The van der Waals surface area contributed by atoms with Gasteiger partial charge in [-0.3, -0.25) is 0 Å². The van der Waals surface area contributed by atoms with Gasteiger partial charge in [0.1, 0.15) is 23.3 Å². The van der Waals surface area contributed by atoms with Gasteiger partial charge in [-0.15, -0.1) is 10.2 Å². The average molecular weight is 264 g/mol. The molecule has 0 amide bonds. The van der Waals surface area contributed by atoms with Crippen LogP contribution in [-0.4, -0.2) is 21.3 Å². The third kappa shape index (κ3) is 2.12. The van der Waals surface area contributed by atoms with Crippen molar-refractivity contribution in [2.45, 2.75) is 25.9 Å². The number of aromatic nitrogens is 3. The number of halogens is 2. The molecule has 2 aromatic rings. The van der Waals surface area contributed by atoms with Gasteiger partial charge in [-0.2, -0.15) is 0 Å². The van der Waals surface area contributed by atoms with Crippen molar-refractivity contribution in [3.05, 3.63) is 47.0 Å². The fraction of sp³-hybridized carbons (Fsp3) is 0.385. The summed E-state index contributed by atoms with van der Waals surface area (Å²) in [6.45, 7) is 3.52. The van der Waals surface area contributed by atoms with E-state index in [1.54, 1.807) is 0 Å². The Balaban J connectivity index is 1.96. The molecule has 0 spiro atoms. The number of nitrogens with one attached hydrogen (secondary N) is 1. The van der Waals surface area contributed by atoms with E-state index < -0.39 is 11.6 Å². The molecular weight excluding hydrogens is 250 g/mol. The van der Waals surface area contributed by atoms with E-state index in [1.165, 1.54) is 18.2 Å². The molecular formula is C13H14F2N4. The van der Waals surface area contributed by atoms with Crippen molar-refractivity contribution in [3.8, 4) is 0 Å². The van der Waals surface area contributed by atoms with E-state index in [9.17, 15) is 8.78 Å². The Morgan fingerprint density at radius 1 is 1.32 bits per heavy atom. The normalized spacial score (nSPS) is 18.4. The standard InChI is InChI=1S/C13H14F2N4/c1-8-13-18-17-12(19(13)6-5-16-8)7-9-10(14)3-2-4-11(9)15/h2-4,8,16H,5-7H2,1H3. The van der Waals surface area contributed by atoms with Crippen LogP contribution in [0.3, 0.4) is 0 Å². The van der Waals surface area contributed by atoms with Gasteiger partial charge in [0.15, 0.2) is 0 Å². The molecule has 100 valence electrons. The molecule has 1 aromatic heterocycles. The monoisotopic (exact) mass is 264 g/mol. The molecule has 4 nitrogen and oxygen atoms in total. The van der Waals surface area contributed by atoms with E-state index in [-0.39, 0.29) is 18.0 Å². The summed E-state index contributed by atoms with van der Waals surface area (Å²) in [7, 11) is 0. The van der Waals surface area contributed by atoms with E-state index in [0.29, 0.717) is 5.82 Å². The molecule has 1 unspecified atom stereocenters. The summed E-state index contributed by atoms with van der Waals surface area (Å²) in [6, 6.07) is 3.99. The summed E-state index contributed by atoms with van der Waals surface area (Å²) in [5, 5.41) is 11.4. The molecule has 1 N–H and O–H groups in total. The summed E-state index contributed by atoms with van der Waals surface area (Å²) in [5.41, 5.74) is 0.0453. The molecule has 0 saturated carbocycles. The third-order valence-corrected chi connectivity index (χ3v) is 3.43. The van der Waals surface area contributed by atoms with E-state index >= 15 is 0 Å². The van der Waals surface area contributed by atoms with E-state index in [4.69, 9.17) is 0 Å². The third-order valence-electron chi connectivity index (χ3n) is 3.43. The SMILES string of the molecule is CC1NCCn2c(Cc3c(F)cccc3F)nnc21. The fourth-order valence-electron chi connectivity index (χ4n) is 2.39. The van der Waals surface area contributed by atoms with Gasteiger partial charge in [0.25, 0.3) is 0 Å². The molecule has 0 aliphatic carbocycles. The van der Waals surface area contributed by atoms with Gasteiger partial charge in [0, 0.05) is 25.1 Å². The molecule has 3 rings (SSSR count). The minimum Gasteiger partial charge on any atom is -0.312 e. The lowest BCUT2D eigenvalue weighted by Crippen LogP contribution is -2.32. The molecule has 1 aliphatic rings. The van der Waals surface area contributed by atoms with E-state index in [0.717, 1.165) is 18.9 Å². The maximum atomic E-state index is 13.6. The van der Waals surface area contributed by atoms with Gasteiger partial charge in [-0.05, 0) is 19.1 Å². The minimum absolute atomic E-state index is 0.0453. The lowest BCUT2D eigenvalue weighted by atomic mass is 10.1. The van der Waals surface area contributed by atoms with Crippen molar-refractivity contribution in [1.82, 2.24) is 20.1 Å². The predicted octanol–water partition coefficient (Wildman–Crippen LogP) is 1.81. The smallest absolute Gasteiger partial charge is 0.149 e. The summed E-state index contributed by atoms with van der Waals surface area (Å²) in [5.74, 6) is 0.337. The molecule has 0 fully saturated rings. The number of nitrogens with zero attached hydrogens (tertiary/aromatic N) is 3. The van der Waals surface area contributed by atoms with Gasteiger partial charge in [-0.25, -0.2) is 8.78 Å². The van der Waals surface area contributed by atoms with Crippen LogP contribution in [0, 0.1) is 11.6 Å². The van der Waals surface area contributed by atoms with Crippen LogP contribution in [0.15, 0.2) is 18.2 Å². The summed E-state index contributed by atoms with van der Waals surface area (Å²) < 4.78 is 29.2. The van der Waals surface area contributed by atoms with Gasteiger partial charge < -0.3 is 9.88 Å². The number of hydrogen-bond acceptors (Lipinski definition) is 3. The first-order valence-electron chi connectivity index (χ1n) is 6.25. The van der Waals surface area contributed by atoms with Crippen molar-refractivity contribution < 1.29 is 8.78 Å². The van der Waals surface area contributed by atoms with Crippen molar-refractivity contribution in [2.24, 2.45) is 0 Å². The Kier molecular flexibility index (Phi) is 3.02.